The van der Waals surface area contributed by atoms with Crippen molar-refractivity contribution < 1.29 is 54.6 Å². The van der Waals surface area contributed by atoms with Crippen LogP contribution in [0.15, 0.2) is 0 Å². The standard InChI is InChI=1S/C17H28O11/c1-8(18)5-16(14(24)25,6-9(2)19)17(15(26)27,28-7-10(3)20)12(11(4)21)13(22)23/h8-10,12,18-20H,5-7H2,1-4H3,(H,22,23)(H,24,25)(H,26,27). The van der Waals surface area contributed by atoms with Crippen LogP contribution in [0.2, 0.25) is 0 Å². The molecular weight excluding hydrogens is 380 g/mol. The molecule has 0 aromatic carbocycles. The van der Waals surface area contributed by atoms with Crippen LogP contribution in [0.1, 0.15) is 40.5 Å². The Morgan fingerprint density at radius 1 is 0.821 bits per heavy atom. The monoisotopic (exact) mass is 408 g/mol. The van der Waals surface area contributed by atoms with Crippen LogP contribution < -0.4 is 0 Å². The van der Waals surface area contributed by atoms with Crippen LogP contribution >= 0.6 is 0 Å². The maximum absolute atomic E-state index is 12.3. The van der Waals surface area contributed by atoms with Crippen molar-refractivity contribution in [1.82, 2.24) is 0 Å². The van der Waals surface area contributed by atoms with Gasteiger partial charge in [0.2, 0.25) is 5.60 Å². The summed E-state index contributed by atoms with van der Waals surface area (Å²) in [7, 11) is 0. The summed E-state index contributed by atoms with van der Waals surface area (Å²) in [4.78, 5) is 48.6. The van der Waals surface area contributed by atoms with E-state index in [9.17, 15) is 49.8 Å². The largest absolute Gasteiger partial charge is 0.481 e. The minimum Gasteiger partial charge on any atom is -0.481 e. The predicted molar refractivity (Wildman–Crippen MR) is 92.5 cm³/mol. The van der Waals surface area contributed by atoms with Gasteiger partial charge in [-0.15, -0.1) is 0 Å². The average molecular weight is 408 g/mol. The molecule has 11 heteroatoms. The molecule has 0 aliphatic heterocycles. The van der Waals surface area contributed by atoms with Crippen LogP contribution in [-0.4, -0.2) is 84.9 Å². The van der Waals surface area contributed by atoms with Gasteiger partial charge in [-0.3, -0.25) is 14.4 Å². The summed E-state index contributed by atoms with van der Waals surface area (Å²) in [5.41, 5.74) is -5.94. The lowest BCUT2D eigenvalue weighted by Gasteiger charge is -2.48. The Labute approximate surface area is 161 Å². The zero-order valence-corrected chi connectivity index (χ0v) is 16.2. The molecule has 0 fully saturated rings. The Morgan fingerprint density at radius 3 is 1.46 bits per heavy atom. The van der Waals surface area contributed by atoms with Crippen LogP contribution in [0.5, 0.6) is 0 Å². The van der Waals surface area contributed by atoms with Gasteiger partial charge in [0, 0.05) is 0 Å². The van der Waals surface area contributed by atoms with Crippen molar-refractivity contribution in [2.24, 2.45) is 11.3 Å². The lowest BCUT2D eigenvalue weighted by molar-refractivity contribution is -0.227. The number of carbonyl (C=O) groups excluding carboxylic acids is 1. The van der Waals surface area contributed by atoms with E-state index < -0.39 is 78.4 Å². The molecule has 0 rings (SSSR count). The highest BCUT2D eigenvalue weighted by molar-refractivity contribution is 6.06. The highest BCUT2D eigenvalue weighted by atomic mass is 16.5. The first kappa shape index (κ1) is 25.9. The number of aliphatic carboxylic acids is 3. The third-order valence-electron chi connectivity index (χ3n) is 4.34. The van der Waals surface area contributed by atoms with Crippen molar-refractivity contribution in [1.29, 1.82) is 0 Å². The molecule has 0 bridgehead atoms. The number of Topliss-reactive ketones (excluding diaryl/α,β-unsaturated/α-hetero) is 1. The highest BCUT2D eigenvalue weighted by Gasteiger charge is 2.70. The van der Waals surface area contributed by atoms with E-state index in [1.54, 1.807) is 0 Å². The van der Waals surface area contributed by atoms with E-state index in [2.05, 4.69) is 0 Å². The van der Waals surface area contributed by atoms with Crippen LogP contribution in [0.25, 0.3) is 0 Å². The van der Waals surface area contributed by atoms with Gasteiger partial charge >= 0.3 is 17.9 Å². The Hall–Kier alpha value is -2.08. The van der Waals surface area contributed by atoms with E-state index in [0.29, 0.717) is 0 Å². The number of rotatable bonds is 13. The van der Waals surface area contributed by atoms with Crippen molar-refractivity contribution >= 4 is 23.7 Å². The second-order valence-electron chi connectivity index (χ2n) is 7.08. The molecule has 0 aromatic rings. The number of hydrogen-bond acceptors (Lipinski definition) is 8. The first-order chi connectivity index (χ1) is 12.7. The highest BCUT2D eigenvalue weighted by Crippen LogP contribution is 2.49. The Bertz CT molecular complexity index is 572. The fraction of sp³-hybridized carbons (Fsp3) is 0.765. The zero-order chi connectivity index (χ0) is 22.4. The first-order valence-electron chi connectivity index (χ1n) is 8.53. The summed E-state index contributed by atoms with van der Waals surface area (Å²) < 4.78 is 5.21. The molecule has 0 heterocycles. The topological polar surface area (TPSA) is 199 Å². The molecule has 0 aliphatic rings. The Kier molecular flexibility index (Phi) is 9.18. The molecule has 0 aliphatic carbocycles. The molecule has 0 amide bonds. The number of hydrogen-bond donors (Lipinski definition) is 6. The number of aliphatic hydroxyl groups is 3. The van der Waals surface area contributed by atoms with E-state index in [1.807, 2.05) is 0 Å². The number of carbonyl (C=O) groups is 4. The number of carboxylic acid groups (broad SMARTS) is 3. The summed E-state index contributed by atoms with van der Waals surface area (Å²) in [5.74, 6) is -9.61. The minimum absolute atomic E-state index is 0.763. The zero-order valence-electron chi connectivity index (χ0n) is 16.2. The number of carboxylic acids is 3. The number of aliphatic hydroxyl groups excluding tert-OH is 3. The molecule has 28 heavy (non-hydrogen) atoms. The van der Waals surface area contributed by atoms with Gasteiger partial charge in [0.15, 0.2) is 5.92 Å². The van der Waals surface area contributed by atoms with E-state index in [1.165, 1.54) is 6.92 Å². The molecule has 0 radical (unpaired) electrons. The molecule has 162 valence electrons. The van der Waals surface area contributed by atoms with Gasteiger partial charge in [-0.1, -0.05) is 0 Å². The second-order valence-corrected chi connectivity index (χ2v) is 7.08. The quantitative estimate of drug-likeness (QED) is 0.207. The summed E-state index contributed by atoms with van der Waals surface area (Å²) in [6.07, 6.45) is -5.91. The SMILES string of the molecule is CC(=O)C(C(=O)O)C(OCC(C)O)(C(=O)O)C(CC(C)O)(CC(C)O)C(=O)O. The summed E-state index contributed by atoms with van der Waals surface area (Å²) >= 11 is 0. The van der Waals surface area contributed by atoms with E-state index in [4.69, 9.17) is 4.74 Å². The molecule has 0 aromatic heterocycles. The number of ether oxygens (including phenoxy) is 1. The van der Waals surface area contributed by atoms with Gasteiger partial charge in [-0.2, -0.15) is 0 Å². The third kappa shape index (κ3) is 5.25. The second kappa shape index (κ2) is 9.92. The van der Waals surface area contributed by atoms with E-state index >= 15 is 0 Å². The molecule has 11 nitrogen and oxygen atoms in total. The summed E-state index contributed by atoms with van der Waals surface area (Å²) in [5, 5.41) is 58.7. The van der Waals surface area contributed by atoms with Crippen molar-refractivity contribution in [3.63, 3.8) is 0 Å². The molecule has 6 N–H and O–H groups in total. The average Bonchev–Trinajstić information content (AvgIpc) is 2.47. The summed E-state index contributed by atoms with van der Waals surface area (Å²) in [6.45, 7) is 3.43. The smallest absolute Gasteiger partial charge is 0.338 e. The number of ketones is 1. The van der Waals surface area contributed by atoms with Crippen LogP contribution in [0.3, 0.4) is 0 Å². The Morgan fingerprint density at radius 2 is 1.25 bits per heavy atom. The summed E-state index contributed by atoms with van der Waals surface area (Å²) in [6, 6.07) is 0. The van der Waals surface area contributed by atoms with Gasteiger partial charge in [-0.25, -0.2) is 4.79 Å². The van der Waals surface area contributed by atoms with E-state index in [-0.39, 0.29) is 0 Å². The van der Waals surface area contributed by atoms with E-state index in [0.717, 1.165) is 20.8 Å². The predicted octanol–water partition coefficient (Wildman–Crippen LogP) is -0.890. The van der Waals surface area contributed by atoms with Gasteiger partial charge in [0.25, 0.3) is 0 Å². The molecule has 0 spiro atoms. The van der Waals surface area contributed by atoms with Gasteiger partial charge in [0.1, 0.15) is 11.2 Å². The molecular formula is C17H28O11. The van der Waals surface area contributed by atoms with Crippen molar-refractivity contribution in [2.75, 3.05) is 6.61 Å². The van der Waals surface area contributed by atoms with Crippen LogP contribution in [0, 0.1) is 11.3 Å². The lowest BCUT2D eigenvalue weighted by atomic mass is 9.59. The fourth-order valence-electron chi connectivity index (χ4n) is 3.50. The third-order valence-corrected chi connectivity index (χ3v) is 4.34. The molecule has 5 atom stereocenters. The normalized spacial score (nSPS) is 20.1. The maximum Gasteiger partial charge on any atom is 0.338 e. The van der Waals surface area contributed by atoms with Crippen molar-refractivity contribution in [2.45, 2.75) is 64.4 Å². The van der Waals surface area contributed by atoms with Crippen LogP contribution in [0.4, 0.5) is 0 Å². The van der Waals surface area contributed by atoms with Gasteiger partial charge in [-0.05, 0) is 40.5 Å². The Balaban J connectivity index is 7.25. The van der Waals surface area contributed by atoms with Gasteiger partial charge in [0.05, 0.1) is 24.9 Å². The van der Waals surface area contributed by atoms with Crippen molar-refractivity contribution in [3.05, 3.63) is 0 Å². The molecule has 0 saturated carbocycles. The maximum atomic E-state index is 12.3. The van der Waals surface area contributed by atoms with Crippen LogP contribution in [-0.2, 0) is 23.9 Å². The first-order valence-corrected chi connectivity index (χ1v) is 8.53. The van der Waals surface area contributed by atoms with Crippen molar-refractivity contribution in [3.8, 4) is 0 Å². The molecule has 0 saturated heterocycles. The lowest BCUT2D eigenvalue weighted by Crippen LogP contribution is -2.68. The van der Waals surface area contributed by atoms with Gasteiger partial charge < -0.3 is 35.4 Å². The fourth-order valence-corrected chi connectivity index (χ4v) is 3.50. The minimum atomic E-state index is -3.22. The molecule has 5 unspecified atom stereocenters.